The average Bonchev–Trinajstić information content (AvgIpc) is 2.52. The summed E-state index contributed by atoms with van der Waals surface area (Å²) in [7, 11) is -2.77. The number of carbonyl (C=O) groups excluding carboxylic acids is 2. The van der Waals surface area contributed by atoms with Crippen molar-refractivity contribution in [2.75, 3.05) is 26.9 Å². The van der Waals surface area contributed by atoms with E-state index in [0.717, 1.165) is 12.1 Å². The van der Waals surface area contributed by atoms with E-state index >= 15 is 0 Å². The van der Waals surface area contributed by atoms with Crippen LogP contribution >= 0.6 is 0 Å². The first-order valence-electron chi connectivity index (χ1n) is 6.97. The lowest BCUT2D eigenvalue weighted by molar-refractivity contribution is -0.149. The maximum Gasteiger partial charge on any atom is 0.324 e. The predicted octanol–water partition coefficient (Wildman–Crippen LogP) is -0.202. The van der Waals surface area contributed by atoms with Gasteiger partial charge in [-0.1, -0.05) is 12.1 Å². The second kappa shape index (κ2) is 9.30. The Bertz CT molecular complexity index is 680. The van der Waals surface area contributed by atoms with E-state index in [9.17, 15) is 22.4 Å². The first-order chi connectivity index (χ1) is 11.3. The van der Waals surface area contributed by atoms with Crippen molar-refractivity contribution in [3.63, 3.8) is 0 Å². The molecule has 2 N–H and O–H groups in total. The number of methoxy groups -OCH3 is 1. The highest BCUT2D eigenvalue weighted by molar-refractivity contribution is 7.89. The van der Waals surface area contributed by atoms with Crippen LogP contribution in [0.1, 0.15) is 6.92 Å². The summed E-state index contributed by atoms with van der Waals surface area (Å²) in [6.07, 6.45) is 0. The molecule has 0 aliphatic rings. The van der Waals surface area contributed by atoms with Crippen molar-refractivity contribution in [2.45, 2.75) is 17.9 Å². The molecular formula is C14H19FN2O6S. The van der Waals surface area contributed by atoms with Crippen LogP contribution < -0.4 is 10.0 Å². The lowest BCUT2D eigenvalue weighted by Gasteiger charge is -2.14. The summed E-state index contributed by atoms with van der Waals surface area (Å²) in [5.41, 5.74) is 0. The molecule has 134 valence electrons. The van der Waals surface area contributed by atoms with Crippen LogP contribution in [0.5, 0.6) is 0 Å². The molecule has 1 aromatic rings. The van der Waals surface area contributed by atoms with Crippen molar-refractivity contribution >= 4 is 21.9 Å². The van der Waals surface area contributed by atoms with Gasteiger partial charge < -0.3 is 14.8 Å². The maximum absolute atomic E-state index is 13.5. The third-order valence-corrected chi connectivity index (χ3v) is 4.36. The van der Waals surface area contributed by atoms with E-state index in [1.165, 1.54) is 26.2 Å². The van der Waals surface area contributed by atoms with Gasteiger partial charge in [-0.2, -0.15) is 4.72 Å². The number of esters is 1. The molecule has 0 aromatic heterocycles. The number of halogens is 1. The minimum atomic E-state index is -4.23. The maximum atomic E-state index is 13.5. The van der Waals surface area contributed by atoms with Gasteiger partial charge in [0.1, 0.15) is 16.8 Å². The molecule has 1 atom stereocenters. The lowest BCUT2D eigenvalue weighted by Crippen LogP contribution is -2.41. The minimum absolute atomic E-state index is 0.252. The quantitative estimate of drug-likeness (QED) is 0.465. The summed E-state index contributed by atoms with van der Waals surface area (Å²) in [4.78, 5) is 22.5. The molecule has 0 saturated carbocycles. The Balaban J connectivity index is 2.55. The summed E-state index contributed by atoms with van der Waals surface area (Å²) in [6, 6.07) is 3.46. The van der Waals surface area contributed by atoms with Crippen LogP contribution in [0, 0.1) is 5.82 Å². The van der Waals surface area contributed by atoms with Gasteiger partial charge in [0, 0.05) is 13.7 Å². The predicted molar refractivity (Wildman–Crippen MR) is 82.0 cm³/mol. The molecule has 8 nitrogen and oxygen atoms in total. The summed E-state index contributed by atoms with van der Waals surface area (Å²) in [5.74, 6) is -2.45. The number of rotatable bonds is 9. The van der Waals surface area contributed by atoms with Gasteiger partial charge in [-0.25, -0.2) is 12.8 Å². The van der Waals surface area contributed by atoms with E-state index in [4.69, 9.17) is 9.47 Å². The number of hydrogen-bond acceptors (Lipinski definition) is 6. The molecule has 0 fully saturated rings. The highest BCUT2D eigenvalue weighted by Gasteiger charge is 2.25. The SMILES string of the molecule is COCCNC(=O)COC(=O)[C@H](C)NS(=O)(=O)c1ccccc1F. The number of carbonyl (C=O) groups is 2. The molecule has 0 radical (unpaired) electrons. The van der Waals surface area contributed by atoms with Crippen molar-refractivity contribution in [3.8, 4) is 0 Å². The summed E-state index contributed by atoms with van der Waals surface area (Å²) in [6.45, 7) is 1.22. The van der Waals surface area contributed by atoms with Gasteiger partial charge in [0.25, 0.3) is 5.91 Å². The molecule has 10 heteroatoms. The fraction of sp³-hybridized carbons (Fsp3) is 0.429. The second-order valence-corrected chi connectivity index (χ2v) is 6.41. The van der Waals surface area contributed by atoms with Gasteiger partial charge in [-0.3, -0.25) is 9.59 Å². The van der Waals surface area contributed by atoms with E-state index in [-0.39, 0.29) is 6.54 Å². The molecule has 24 heavy (non-hydrogen) atoms. The Labute approximate surface area is 139 Å². The average molecular weight is 362 g/mol. The Morgan fingerprint density at radius 3 is 2.58 bits per heavy atom. The smallest absolute Gasteiger partial charge is 0.324 e. The van der Waals surface area contributed by atoms with Crippen molar-refractivity contribution in [3.05, 3.63) is 30.1 Å². The fourth-order valence-corrected chi connectivity index (χ4v) is 2.88. The Hall–Kier alpha value is -2.04. The lowest BCUT2D eigenvalue weighted by atomic mass is 10.3. The van der Waals surface area contributed by atoms with Crippen molar-refractivity contribution < 1.29 is 31.9 Å². The van der Waals surface area contributed by atoms with Gasteiger partial charge in [0.05, 0.1) is 6.61 Å². The number of hydrogen-bond donors (Lipinski definition) is 2. The molecule has 0 spiro atoms. The van der Waals surface area contributed by atoms with Gasteiger partial charge >= 0.3 is 5.97 Å². The van der Waals surface area contributed by atoms with Crippen LogP contribution in [0.3, 0.4) is 0 Å². The van der Waals surface area contributed by atoms with Crippen LogP contribution in [-0.4, -0.2) is 53.2 Å². The van der Waals surface area contributed by atoms with Gasteiger partial charge in [0.15, 0.2) is 6.61 Å². The highest BCUT2D eigenvalue weighted by Crippen LogP contribution is 2.13. The molecule has 1 amide bonds. The van der Waals surface area contributed by atoms with Crippen LogP contribution in [-0.2, 0) is 29.1 Å². The molecule has 0 aliphatic carbocycles. The number of amides is 1. The molecule has 0 unspecified atom stereocenters. The van der Waals surface area contributed by atoms with E-state index in [2.05, 4.69) is 5.32 Å². The first kappa shape index (κ1) is 20.0. The third-order valence-electron chi connectivity index (χ3n) is 2.79. The fourth-order valence-electron chi connectivity index (χ4n) is 1.61. The molecule has 1 aromatic carbocycles. The topological polar surface area (TPSA) is 111 Å². The summed E-state index contributed by atoms with van der Waals surface area (Å²) >= 11 is 0. The van der Waals surface area contributed by atoms with Crippen LogP contribution in [0.2, 0.25) is 0 Å². The Morgan fingerprint density at radius 2 is 1.96 bits per heavy atom. The second-order valence-electron chi connectivity index (χ2n) is 4.72. The standard InChI is InChI=1S/C14H19FN2O6S/c1-10(14(19)23-9-13(18)16-7-8-22-2)17-24(20,21)12-6-4-3-5-11(12)15/h3-6,10,17H,7-9H2,1-2H3,(H,16,18)/t10-/m0/s1. The largest absolute Gasteiger partial charge is 0.454 e. The molecular weight excluding hydrogens is 343 g/mol. The van der Waals surface area contributed by atoms with E-state index in [1.54, 1.807) is 0 Å². The molecule has 0 heterocycles. The number of nitrogens with one attached hydrogen (secondary N) is 2. The first-order valence-corrected chi connectivity index (χ1v) is 8.45. The van der Waals surface area contributed by atoms with Gasteiger partial charge in [0.2, 0.25) is 10.0 Å². The summed E-state index contributed by atoms with van der Waals surface area (Å²) in [5, 5.41) is 2.43. The highest BCUT2D eigenvalue weighted by atomic mass is 32.2. The molecule has 0 bridgehead atoms. The zero-order valence-electron chi connectivity index (χ0n) is 13.2. The van der Waals surface area contributed by atoms with E-state index in [0.29, 0.717) is 6.61 Å². The van der Waals surface area contributed by atoms with Crippen LogP contribution in [0.4, 0.5) is 4.39 Å². The Morgan fingerprint density at radius 1 is 1.29 bits per heavy atom. The minimum Gasteiger partial charge on any atom is -0.454 e. The Kier molecular flexibility index (Phi) is 7.75. The third kappa shape index (κ3) is 6.22. The number of ether oxygens (including phenoxy) is 2. The van der Waals surface area contributed by atoms with Crippen LogP contribution in [0.15, 0.2) is 29.2 Å². The van der Waals surface area contributed by atoms with Crippen molar-refractivity contribution in [2.24, 2.45) is 0 Å². The monoisotopic (exact) mass is 362 g/mol. The van der Waals surface area contributed by atoms with Crippen molar-refractivity contribution in [1.29, 1.82) is 0 Å². The van der Waals surface area contributed by atoms with E-state index < -0.39 is 45.3 Å². The zero-order chi connectivity index (χ0) is 18.2. The van der Waals surface area contributed by atoms with E-state index in [1.807, 2.05) is 4.72 Å². The van der Waals surface area contributed by atoms with Gasteiger partial charge in [-0.15, -0.1) is 0 Å². The zero-order valence-corrected chi connectivity index (χ0v) is 14.1. The summed E-state index contributed by atoms with van der Waals surface area (Å²) < 4.78 is 49.0. The van der Waals surface area contributed by atoms with Crippen LogP contribution in [0.25, 0.3) is 0 Å². The number of benzene rings is 1. The van der Waals surface area contributed by atoms with Crippen molar-refractivity contribution in [1.82, 2.24) is 10.0 Å². The van der Waals surface area contributed by atoms with Gasteiger partial charge in [-0.05, 0) is 19.1 Å². The normalized spacial score (nSPS) is 12.5. The number of sulfonamides is 1. The molecule has 1 rings (SSSR count). The molecule has 0 saturated heterocycles. The molecule has 0 aliphatic heterocycles.